The Hall–Kier alpha value is -0.830. The molecule has 1 atom stereocenters. The van der Waals surface area contributed by atoms with Crippen molar-refractivity contribution in [2.75, 3.05) is 0 Å². The Kier molecular flexibility index (Phi) is 1.06. The number of carbonyl (C=O) groups is 1. The van der Waals surface area contributed by atoms with E-state index in [1.807, 2.05) is 0 Å². The van der Waals surface area contributed by atoms with Crippen LogP contribution >= 0.6 is 0 Å². The van der Waals surface area contributed by atoms with E-state index in [1.165, 1.54) is 6.08 Å². The first-order valence-corrected chi connectivity index (χ1v) is 2.37. The van der Waals surface area contributed by atoms with Gasteiger partial charge in [0.05, 0.1) is 0 Å². The van der Waals surface area contributed by atoms with Gasteiger partial charge in [-0.1, -0.05) is 0 Å². The molecule has 44 valence electrons. The Balaban J connectivity index is 2.73. The second-order valence-electron chi connectivity index (χ2n) is 1.80. The molecule has 1 rings (SSSR count). The van der Waals surface area contributed by atoms with Gasteiger partial charge in [-0.15, -0.1) is 0 Å². The lowest BCUT2D eigenvalue weighted by Crippen LogP contribution is -2.26. The third-order valence-electron chi connectivity index (χ3n) is 1.07. The molecule has 1 amide bonds. The van der Waals surface area contributed by atoms with Crippen LogP contribution < -0.4 is 5.32 Å². The molecule has 8 heavy (non-hydrogen) atoms. The average Bonchev–Trinajstić information content (AvgIpc) is 1.85. The van der Waals surface area contributed by atoms with Crippen LogP contribution in [-0.2, 0) is 4.79 Å². The molecule has 0 aliphatic carbocycles. The maximum absolute atomic E-state index is 10.3. The zero-order valence-corrected chi connectivity index (χ0v) is 4.51. The van der Waals surface area contributed by atoms with Crippen LogP contribution in [0.3, 0.4) is 0 Å². The quantitative estimate of drug-likeness (QED) is 0.440. The van der Waals surface area contributed by atoms with E-state index in [4.69, 9.17) is 5.11 Å². The van der Waals surface area contributed by atoms with Crippen LogP contribution in [0.4, 0.5) is 0 Å². The normalized spacial score (nSPS) is 27.5. The summed E-state index contributed by atoms with van der Waals surface area (Å²) in [7, 11) is 0. The van der Waals surface area contributed by atoms with Crippen molar-refractivity contribution in [2.45, 2.75) is 13.2 Å². The summed E-state index contributed by atoms with van der Waals surface area (Å²) in [4.78, 5) is 10.3. The van der Waals surface area contributed by atoms with Crippen molar-refractivity contribution in [3.05, 3.63) is 11.6 Å². The SMILES string of the molecule is CC1=CC(=O)NC1O. The zero-order chi connectivity index (χ0) is 6.15. The molecule has 0 aromatic heterocycles. The average molecular weight is 113 g/mol. The van der Waals surface area contributed by atoms with E-state index in [0.29, 0.717) is 5.57 Å². The molecule has 0 saturated heterocycles. The molecule has 0 aromatic carbocycles. The van der Waals surface area contributed by atoms with E-state index >= 15 is 0 Å². The highest BCUT2D eigenvalue weighted by molar-refractivity contribution is 5.91. The molecule has 1 heterocycles. The van der Waals surface area contributed by atoms with Gasteiger partial charge in [-0.2, -0.15) is 0 Å². The Morgan fingerprint density at radius 3 is 2.62 bits per heavy atom. The highest BCUT2D eigenvalue weighted by Gasteiger charge is 2.15. The summed E-state index contributed by atoms with van der Waals surface area (Å²) >= 11 is 0. The van der Waals surface area contributed by atoms with Gasteiger partial charge in [0.1, 0.15) is 6.23 Å². The number of nitrogens with one attached hydrogen (secondary N) is 1. The fraction of sp³-hybridized carbons (Fsp3) is 0.400. The van der Waals surface area contributed by atoms with Crippen molar-refractivity contribution in [3.8, 4) is 0 Å². The molecule has 1 unspecified atom stereocenters. The van der Waals surface area contributed by atoms with Crippen molar-refractivity contribution >= 4 is 5.91 Å². The molecule has 0 aromatic rings. The molecule has 2 N–H and O–H groups in total. The number of amides is 1. The minimum Gasteiger partial charge on any atom is -0.370 e. The van der Waals surface area contributed by atoms with E-state index in [-0.39, 0.29) is 5.91 Å². The van der Waals surface area contributed by atoms with Crippen LogP contribution in [0, 0.1) is 0 Å². The summed E-state index contributed by atoms with van der Waals surface area (Å²) in [6.07, 6.45) is 0.632. The van der Waals surface area contributed by atoms with Gasteiger partial charge in [-0.05, 0) is 12.5 Å². The lowest BCUT2D eigenvalue weighted by atomic mass is 10.3. The van der Waals surface area contributed by atoms with Crippen molar-refractivity contribution in [2.24, 2.45) is 0 Å². The minimum atomic E-state index is -0.748. The maximum atomic E-state index is 10.3. The highest BCUT2D eigenvalue weighted by atomic mass is 16.3. The molecule has 1 aliphatic rings. The Morgan fingerprint density at radius 2 is 2.50 bits per heavy atom. The van der Waals surface area contributed by atoms with Crippen LogP contribution in [0.1, 0.15) is 6.92 Å². The van der Waals surface area contributed by atoms with Gasteiger partial charge in [-0.3, -0.25) is 4.79 Å². The predicted octanol–water partition coefficient (Wildman–Crippen LogP) is -0.619. The molecule has 0 fully saturated rings. The number of hydrogen-bond donors (Lipinski definition) is 2. The molecule has 0 radical (unpaired) electrons. The second kappa shape index (κ2) is 1.59. The number of rotatable bonds is 0. The van der Waals surface area contributed by atoms with Gasteiger partial charge in [-0.25, -0.2) is 0 Å². The smallest absolute Gasteiger partial charge is 0.246 e. The minimum absolute atomic E-state index is 0.213. The summed E-state index contributed by atoms with van der Waals surface area (Å²) in [6.45, 7) is 1.70. The summed E-state index contributed by atoms with van der Waals surface area (Å²) in [5.74, 6) is -0.213. The molecule has 0 spiro atoms. The fourth-order valence-corrected chi connectivity index (χ4v) is 0.576. The standard InChI is InChI=1S/C5H7NO2/c1-3-2-4(7)6-5(3)8/h2,5,8H,1H3,(H,6,7). The van der Waals surface area contributed by atoms with Crippen LogP contribution in [0.5, 0.6) is 0 Å². The summed E-state index contributed by atoms with van der Waals surface area (Å²) in [5.41, 5.74) is 0.676. The molecule has 0 saturated carbocycles. The van der Waals surface area contributed by atoms with E-state index in [0.717, 1.165) is 0 Å². The molecule has 3 heteroatoms. The molecular formula is C5H7NO2. The lowest BCUT2D eigenvalue weighted by Gasteiger charge is -2.00. The van der Waals surface area contributed by atoms with Crippen LogP contribution in [-0.4, -0.2) is 17.2 Å². The number of carbonyl (C=O) groups excluding carboxylic acids is 1. The Bertz CT molecular complexity index is 151. The second-order valence-corrected chi connectivity index (χ2v) is 1.80. The maximum Gasteiger partial charge on any atom is 0.246 e. The lowest BCUT2D eigenvalue weighted by molar-refractivity contribution is -0.117. The van der Waals surface area contributed by atoms with Gasteiger partial charge < -0.3 is 10.4 Å². The summed E-state index contributed by atoms with van der Waals surface area (Å²) in [6, 6.07) is 0. The van der Waals surface area contributed by atoms with Crippen LogP contribution in [0.25, 0.3) is 0 Å². The van der Waals surface area contributed by atoms with Crippen LogP contribution in [0.15, 0.2) is 11.6 Å². The number of aliphatic hydroxyl groups is 1. The third kappa shape index (κ3) is 0.721. The predicted molar refractivity (Wildman–Crippen MR) is 27.9 cm³/mol. The molecule has 1 aliphatic heterocycles. The molecular weight excluding hydrogens is 106 g/mol. The third-order valence-corrected chi connectivity index (χ3v) is 1.07. The molecule has 3 nitrogen and oxygen atoms in total. The first kappa shape index (κ1) is 5.31. The van der Waals surface area contributed by atoms with Crippen molar-refractivity contribution < 1.29 is 9.90 Å². The highest BCUT2D eigenvalue weighted by Crippen LogP contribution is 2.03. The summed E-state index contributed by atoms with van der Waals surface area (Å²) < 4.78 is 0. The van der Waals surface area contributed by atoms with E-state index in [9.17, 15) is 4.79 Å². The van der Waals surface area contributed by atoms with Gasteiger partial charge in [0, 0.05) is 6.08 Å². The zero-order valence-electron chi connectivity index (χ0n) is 4.51. The van der Waals surface area contributed by atoms with Crippen molar-refractivity contribution in [3.63, 3.8) is 0 Å². The number of hydrogen-bond acceptors (Lipinski definition) is 2. The topological polar surface area (TPSA) is 49.3 Å². The summed E-state index contributed by atoms with van der Waals surface area (Å²) in [5, 5.41) is 11.1. The van der Waals surface area contributed by atoms with Gasteiger partial charge in [0.25, 0.3) is 0 Å². The molecule has 0 bridgehead atoms. The van der Waals surface area contributed by atoms with E-state index in [2.05, 4.69) is 5.32 Å². The Labute approximate surface area is 47.0 Å². The Morgan fingerprint density at radius 1 is 1.88 bits per heavy atom. The first-order chi connectivity index (χ1) is 3.70. The van der Waals surface area contributed by atoms with Gasteiger partial charge in [0.15, 0.2) is 0 Å². The van der Waals surface area contributed by atoms with Crippen molar-refractivity contribution in [1.29, 1.82) is 0 Å². The fourth-order valence-electron chi connectivity index (χ4n) is 0.576. The largest absolute Gasteiger partial charge is 0.370 e. The van der Waals surface area contributed by atoms with Crippen LogP contribution in [0.2, 0.25) is 0 Å². The van der Waals surface area contributed by atoms with Gasteiger partial charge >= 0.3 is 0 Å². The monoisotopic (exact) mass is 113 g/mol. The van der Waals surface area contributed by atoms with E-state index < -0.39 is 6.23 Å². The van der Waals surface area contributed by atoms with Gasteiger partial charge in [0.2, 0.25) is 5.91 Å². The first-order valence-electron chi connectivity index (χ1n) is 2.37. The van der Waals surface area contributed by atoms with E-state index in [1.54, 1.807) is 6.92 Å². The number of aliphatic hydroxyl groups excluding tert-OH is 1. The van der Waals surface area contributed by atoms with Crippen molar-refractivity contribution in [1.82, 2.24) is 5.32 Å².